The maximum Gasteiger partial charge on any atom is 0.392 e. The van der Waals surface area contributed by atoms with Crippen LogP contribution in [-0.2, 0) is 4.57 Å². The highest BCUT2D eigenvalue weighted by Crippen LogP contribution is 2.69. The first-order valence-electron chi connectivity index (χ1n) is 11.0. The smallest absolute Gasteiger partial charge is 0.322 e. The molecular formula is C19H30F3N2O5P. The Hall–Kier alpha value is -1.18. The summed E-state index contributed by atoms with van der Waals surface area (Å²) in [6.07, 6.45) is 1.19. The number of nitrogens with zero attached hydrogens (tertiary/aromatic N) is 2. The fourth-order valence-corrected chi connectivity index (χ4v) is 11.6. The third-order valence-electron chi connectivity index (χ3n) is 7.60. The zero-order valence-corrected chi connectivity index (χ0v) is 17.9. The van der Waals surface area contributed by atoms with Gasteiger partial charge in [0.25, 0.3) is 0 Å². The summed E-state index contributed by atoms with van der Waals surface area (Å²) in [5.41, 5.74) is -2.08. The first-order chi connectivity index (χ1) is 14.1. The van der Waals surface area contributed by atoms with E-state index in [1.54, 1.807) is 0 Å². The van der Waals surface area contributed by atoms with E-state index in [1.807, 2.05) is 0 Å². The van der Waals surface area contributed by atoms with Crippen LogP contribution in [-0.4, -0.2) is 45.1 Å². The summed E-state index contributed by atoms with van der Waals surface area (Å²) in [5.74, 6) is -2.11. The molecule has 3 saturated carbocycles. The molecule has 172 valence electrons. The first kappa shape index (κ1) is 23.5. The highest BCUT2D eigenvalue weighted by molar-refractivity contribution is 7.66. The van der Waals surface area contributed by atoms with Gasteiger partial charge in [0.2, 0.25) is 12.1 Å². The van der Waals surface area contributed by atoms with E-state index in [1.165, 1.54) is 0 Å². The molecule has 0 aromatic rings. The number of alkyl halides is 3. The fourth-order valence-electron chi connectivity index (χ4n) is 6.20. The summed E-state index contributed by atoms with van der Waals surface area (Å²) >= 11 is 0. The van der Waals surface area contributed by atoms with Crippen molar-refractivity contribution >= 4 is 7.14 Å². The largest absolute Gasteiger partial charge is 0.392 e. The van der Waals surface area contributed by atoms with Crippen LogP contribution in [0.4, 0.5) is 13.2 Å². The van der Waals surface area contributed by atoms with Gasteiger partial charge in [-0.3, -0.25) is 20.2 Å². The summed E-state index contributed by atoms with van der Waals surface area (Å²) in [6.45, 7) is 0. The minimum Gasteiger partial charge on any atom is -0.322 e. The van der Waals surface area contributed by atoms with E-state index < -0.39 is 59.7 Å². The molecule has 0 heterocycles. The Morgan fingerprint density at radius 1 is 0.733 bits per heavy atom. The summed E-state index contributed by atoms with van der Waals surface area (Å²) in [4.78, 5) is 22.2. The lowest BCUT2D eigenvalue weighted by atomic mass is 9.82. The third kappa shape index (κ3) is 4.53. The fraction of sp³-hybridized carbons (Fsp3) is 1.00. The molecule has 11 heteroatoms. The lowest BCUT2D eigenvalue weighted by Crippen LogP contribution is -2.55. The van der Waals surface area contributed by atoms with Gasteiger partial charge in [-0.15, -0.1) is 0 Å². The monoisotopic (exact) mass is 454 g/mol. The molecule has 0 amide bonds. The van der Waals surface area contributed by atoms with Gasteiger partial charge < -0.3 is 4.57 Å². The minimum absolute atomic E-state index is 0.341. The van der Waals surface area contributed by atoms with Gasteiger partial charge in [-0.25, -0.2) is 0 Å². The van der Waals surface area contributed by atoms with Gasteiger partial charge in [0.1, 0.15) is 12.8 Å². The highest BCUT2D eigenvalue weighted by Gasteiger charge is 2.65. The van der Waals surface area contributed by atoms with Gasteiger partial charge in [-0.05, 0) is 25.7 Å². The molecule has 0 aromatic carbocycles. The van der Waals surface area contributed by atoms with Crippen LogP contribution < -0.4 is 0 Å². The van der Waals surface area contributed by atoms with Crippen LogP contribution in [0.25, 0.3) is 0 Å². The van der Waals surface area contributed by atoms with Crippen molar-refractivity contribution < 1.29 is 27.6 Å². The van der Waals surface area contributed by atoms with E-state index in [0.717, 1.165) is 38.5 Å². The summed E-state index contributed by atoms with van der Waals surface area (Å²) in [6, 6.07) is -3.56. The second kappa shape index (κ2) is 9.13. The molecule has 2 unspecified atom stereocenters. The molecule has 0 bridgehead atoms. The second-order valence-electron chi connectivity index (χ2n) is 9.25. The lowest BCUT2D eigenvalue weighted by Gasteiger charge is -2.45. The molecule has 0 radical (unpaired) electrons. The quantitative estimate of drug-likeness (QED) is 0.304. The minimum atomic E-state index is -4.74. The van der Waals surface area contributed by atoms with Crippen molar-refractivity contribution in [3.63, 3.8) is 0 Å². The van der Waals surface area contributed by atoms with E-state index in [2.05, 4.69) is 0 Å². The Kier molecular flexibility index (Phi) is 7.15. The molecule has 3 aliphatic carbocycles. The Morgan fingerprint density at radius 3 is 1.40 bits per heavy atom. The lowest BCUT2D eigenvalue weighted by molar-refractivity contribution is -0.571. The average molecular weight is 454 g/mol. The van der Waals surface area contributed by atoms with Gasteiger partial charge in [0, 0.05) is 34.0 Å². The van der Waals surface area contributed by atoms with Crippen LogP contribution in [0.15, 0.2) is 0 Å². The molecule has 0 aromatic heterocycles. The Labute approximate surface area is 173 Å². The summed E-state index contributed by atoms with van der Waals surface area (Å²) in [5, 5.41) is 23.8. The van der Waals surface area contributed by atoms with Crippen LogP contribution in [0.2, 0.25) is 0 Å². The topological polar surface area (TPSA) is 103 Å². The zero-order valence-electron chi connectivity index (χ0n) is 17.0. The Morgan fingerprint density at radius 2 is 1.10 bits per heavy atom. The molecule has 7 nitrogen and oxygen atoms in total. The molecule has 0 spiro atoms. The molecule has 3 fully saturated rings. The van der Waals surface area contributed by atoms with Crippen LogP contribution in [0.5, 0.6) is 0 Å². The molecule has 0 N–H and O–H groups in total. The van der Waals surface area contributed by atoms with Crippen molar-refractivity contribution in [1.29, 1.82) is 0 Å². The van der Waals surface area contributed by atoms with Crippen molar-refractivity contribution in [2.75, 3.05) is 0 Å². The van der Waals surface area contributed by atoms with Gasteiger partial charge >= 0.3 is 6.18 Å². The normalized spacial score (nSPS) is 32.6. The van der Waals surface area contributed by atoms with E-state index in [-0.39, 0.29) is 11.3 Å². The summed E-state index contributed by atoms with van der Waals surface area (Å²) in [7, 11) is -3.50. The average Bonchev–Trinajstić information content (AvgIpc) is 2.72. The van der Waals surface area contributed by atoms with E-state index in [9.17, 15) is 38.0 Å². The van der Waals surface area contributed by atoms with Crippen LogP contribution in [0.3, 0.4) is 0 Å². The molecule has 0 aliphatic heterocycles. The van der Waals surface area contributed by atoms with E-state index in [4.69, 9.17) is 0 Å². The maximum absolute atomic E-state index is 14.8. The second-order valence-corrected chi connectivity index (χ2v) is 12.8. The van der Waals surface area contributed by atoms with Crippen molar-refractivity contribution in [1.82, 2.24) is 0 Å². The van der Waals surface area contributed by atoms with Crippen molar-refractivity contribution in [2.24, 2.45) is 5.92 Å². The zero-order chi connectivity index (χ0) is 22.1. The number of hydrogen-bond acceptors (Lipinski definition) is 5. The van der Waals surface area contributed by atoms with Crippen LogP contribution >= 0.6 is 7.14 Å². The van der Waals surface area contributed by atoms with E-state index in [0.29, 0.717) is 25.7 Å². The molecule has 3 rings (SSSR count). The Bertz CT molecular complexity index is 646. The van der Waals surface area contributed by atoms with Crippen LogP contribution in [0.1, 0.15) is 77.0 Å². The van der Waals surface area contributed by atoms with Gasteiger partial charge in [0.15, 0.2) is 0 Å². The van der Waals surface area contributed by atoms with Crippen LogP contribution in [0, 0.1) is 26.1 Å². The number of rotatable bonds is 5. The summed E-state index contributed by atoms with van der Waals surface area (Å²) < 4.78 is 55.1. The molecule has 0 saturated heterocycles. The molecule has 3 aliphatic rings. The van der Waals surface area contributed by atoms with Gasteiger partial charge in [0.05, 0.1) is 5.92 Å². The number of nitro groups is 2. The van der Waals surface area contributed by atoms with Crippen molar-refractivity contribution in [2.45, 2.75) is 112 Å². The first-order valence-corrected chi connectivity index (χ1v) is 12.9. The standard InChI is InChI=1S/C19H30F3N2O5P/c20-19(21,22)13-11-16(23(25)26)18(17(12-13)24(27)28)30(29,14-7-3-1-4-8-14)15-9-5-2-6-10-15/h13-18H,1-12H2. The molecule has 2 atom stereocenters. The third-order valence-corrected chi connectivity index (χ3v) is 12.5. The number of halogens is 3. The SMILES string of the molecule is O=[N+]([O-])C1CC(C(F)(F)F)CC([N+](=O)[O-])C1P(=O)(C1CCCCC1)C1CCCCC1. The van der Waals surface area contributed by atoms with Gasteiger partial charge in [-0.2, -0.15) is 13.2 Å². The molecular weight excluding hydrogens is 424 g/mol. The predicted octanol–water partition coefficient (Wildman–Crippen LogP) is 5.65. The van der Waals surface area contributed by atoms with Crippen molar-refractivity contribution in [3.05, 3.63) is 20.2 Å². The van der Waals surface area contributed by atoms with E-state index >= 15 is 0 Å². The maximum atomic E-state index is 14.8. The molecule has 30 heavy (non-hydrogen) atoms. The predicted molar refractivity (Wildman–Crippen MR) is 105 cm³/mol. The number of hydrogen-bond donors (Lipinski definition) is 0. The Balaban J connectivity index is 2.08. The highest BCUT2D eigenvalue weighted by atomic mass is 31.2. The van der Waals surface area contributed by atoms with Crippen molar-refractivity contribution in [3.8, 4) is 0 Å². The van der Waals surface area contributed by atoms with Gasteiger partial charge in [-0.1, -0.05) is 38.5 Å².